The largest absolute Gasteiger partial charge is 0.491 e. The molecule has 1 N–H and O–H groups in total. The first kappa shape index (κ1) is 20.4. The topological polar surface area (TPSA) is 75.7 Å². The second-order valence-corrected chi connectivity index (χ2v) is 8.95. The van der Waals surface area contributed by atoms with Crippen LogP contribution in [0.5, 0.6) is 5.75 Å². The Morgan fingerprint density at radius 2 is 1.75 bits per heavy atom. The molecule has 28 heavy (non-hydrogen) atoms. The number of sulfonamides is 1. The molecule has 150 valence electrons. The molecule has 6 nitrogen and oxygen atoms in total. The maximum Gasteiger partial charge on any atom is 0.251 e. The van der Waals surface area contributed by atoms with E-state index in [1.54, 1.807) is 12.1 Å². The maximum absolute atomic E-state index is 12.5. The Bertz CT molecular complexity index is 933. The van der Waals surface area contributed by atoms with Crippen molar-refractivity contribution in [1.29, 1.82) is 0 Å². The van der Waals surface area contributed by atoms with Crippen LogP contribution in [0, 0.1) is 13.8 Å². The summed E-state index contributed by atoms with van der Waals surface area (Å²) < 4.78 is 32.3. The fourth-order valence-electron chi connectivity index (χ4n) is 3.15. The van der Waals surface area contributed by atoms with Gasteiger partial charge in [-0.05, 0) is 68.1 Å². The van der Waals surface area contributed by atoms with E-state index in [0.717, 1.165) is 29.7 Å². The summed E-state index contributed by atoms with van der Waals surface area (Å²) in [6.07, 6.45) is 1.79. The van der Waals surface area contributed by atoms with Crippen molar-refractivity contribution in [3.8, 4) is 5.75 Å². The average Bonchev–Trinajstić information content (AvgIpc) is 3.23. The Kier molecular flexibility index (Phi) is 6.36. The van der Waals surface area contributed by atoms with Crippen LogP contribution >= 0.6 is 0 Å². The van der Waals surface area contributed by atoms with E-state index in [1.807, 2.05) is 32.0 Å². The predicted molar refractivity (Wildman–Crippen MR) is 108 cm³/mol. The van der Waals surface area contributed by atoms with Gasteiger partial charge in [0, 0.05) is 18.7 Å². The van der Waals surface area contributed by atoms with Crippen LogP contribution in [0.2, 0.25) is 0 Å². The standard InChI is InChI=1S/C21H26N2O4S/c1-16-5-6-17(2)20(15-16)27-14-11-22-21(24)18-7-9-19(10-8-18)28(25,26)23-12-3-4-13-23/h5-10,15H,3-4,11-14H2,1-2H3,(H,22,24). The summed E-state index contributed by atoms with van der Waals surface area (Å²) in [5.74, 6) is 0.556. The van der Waals surface area contributed by atoms with Gasteiger partial charge in [0.2, 0.25) is 10.0 Å². The molecule has 0 saturated carbocycles. The zero-order chi connectivity index (χ0) is 20.1. The molecule has 0 bridgehead atoms. The van der Waals surface area contributed by atoms with Gasteiger partial charge in [0.15, 0.2) is 0 Å². The highest BCUT2D eigenvalue weighted by atomic mass is 32.2. The van der Waals surface area contributed by atoms with Gasteiger partial charge in [-0.3, -0.25) is 4.79 Å². The molecule has 1 aliphatic rings. The minimum absolute atomic E-state index is 0.226. The summed E-state index contributed by atoms with van der Waals surface area (Å²) >= 11 is 0. The van der Waals surface area contributed by atoms with Crippen LogP contribution in [-0.2, 0) is 10.0 Å². The van der Waals surface area contributed by atoms with E-state index in [1.165, 1.54) is 16.4 Å². The van der Waals surface area contributed by atoms with E-state index >= 15 is 0 Å². The van der Waals surface area contributed by atoms with Gasteiger partial charge >= 0.3 is 0 Å². The maximum atomic E-state index is 12.5. The number of hydrogen-bond acceptors (Lipinski definition) is 4. The number of ether oxygens (including phenoxy) is 1. The molecule has 0 atom stereocenters. The normalized spacial score (nSPS) is 14.8. The molecule has 0 aromatic heterocycles. The zero-order valence-corrected chi connectivity index (χ0v) is 17.1. The number of carbonyl (C=O) groups is 1. The minimum Gasteiger partial charge on any atom is -0.491 e. The third kappa shape index (κ3) is 4.72. The smallest absolute Gasteiger partial charge is 0.251 e. The highest BCUT2D eigenvalue weighted by Crippen LogP contribution is 2.21. The van der Waals surface area contributed by atoms with Crippen LogP contribution in [0.15, 0.2) is 47.4 Å². The van der Waals surface area contributed by atoms with Gasteiger partial charge in [-0.2, -0.15) is 4.31 Å². The molecule has 2 aromatic carbocycles. The third-order valence-corrected chi connectivity index (χ3v) is 6.72. The number of rotatable bonds is 7. The SMILES string of the molecule is Cc1ccc(C)c(OCCNC(=O)c2ccc(S(=O)(=O)N3CCCC3)cc2)c1. The van der Waals surface area contributed by atoms with Crippen LogP contribution in [-0.4, -0.2) is 44.9 Å². The number of benzene rings is 2. The lowest BCUT2D eigenvalue weighted by molar-refractivity contribution is 0.0947. The highest BCUT2D eigenvalue weighted by Gasteiger charge is 2.27. The summed E-state index contributed by atoms with van der Waals surface area (Å²) in [4.78, 5) is 12.5. The van der Waals surface area contributed by atoms with Gasteiger partial charge in [0.1, 0.15) is 12.4 Å². The molecule has 1 amide bonds. The zero-order valence-electron chi connectivity index (χ0n) is 16.3. The van der Waals surface area contributed by atoms with Crippen LogP contribution in [0.1, 0.15) is 34.3 Å². The van der Waals surface area contributed by atoms with Crippen molar-refractivity contribution in [3.63, 3.8) is 0 Å². The quantitative estimate of drug-likeness (QED) is 0.723. The fraction of sp³-hybridized carbons (Fsp3) is 0.381. The Morgan fingerprint density at radius 1 is 1.07 bits per heavy atom. The number of nitrogens with zero attached hydrogens (tertiary/aromatic N) is 1. The van der Waals surface area contributed by atoms with Crippen molar-refractivity contribution in [2.45, 2.75) is 31.6 Å². The number of aryl methyl sites for hydroxylation is 2. The number of hydrogen-bond donors (Lipinski definition) is 1. The van der Waals surface area contributed by atoms with Crippen molar-refractivity contribution < 1.29 is 17.9 Å². The Morgan fingerprint density at radius 3 is 2.43 bits per heavy atom. The Hall–Kier alpha value is -2.38. The van der Waals surface area contributed by atoms with Crippen LogP contribution < -0.4 is 10.1 Å². The summed E-state index contributed by atoms with van der Waals surface area (Å²) in [6.45, 7) is 5.82. The van der Waals surface area contributed by atoms with Crippen LogP contribution in [0.4, 0.5) is 0 Å². The fourth-order valence-corrected chi connectivity index (χ4v) is 4.66. The molecule has 1 heterocycles. The molecule has 0 aliphatic carbocycles. The van der Waals surface area contributed by atoms with E-state index in [2.05, 4.69) is 5.32 Å². The second kappa shape index (κ2) is 8.75. The van der Waals surface area contributed by atoms with Gasteiger partial charge in [-0.15, -0.1) is 0 Å². The molecule has 0 radical (unpaired) electrons. The minimum atomic E-state index is -3.46. The summed E-state index contributed by atoms with van der Waals surface area (Å²) in [5, 5.41) is 2.79. The molecule has 2 aromatic rings. The monoisotopic (exact) mass is 402 g/mol. The van der Waals surface area contributed by atoms with Gasteiger partial charge in [-0.1, -0.05) is 12.1 Å². The van der Waals surface area contributed by atoms with Crippen molar-refractivity contribution in [3.05, 3.63) is 59.2 Å². The Labute approximate surface area is 166 Å². The van der Waals surface area contributed by atoms with Crippen LogP contribution in [0.25, 0.3) is 0 Å². The average molecular weight is 403 g/mol. The van der Waals surface area contributed by atoms with Gasteiger partial charge in [0.25, 0.3) is 5.91 Å². The number of amides is 1. The van der Waals surface area contributed by atoms with E-state index in [0.29, 0.717) is 31.8 Å². The van der Waals surface area contributed by atoms with Crippen LogP contribution in [0.3, 0.4) is 0 Å². The highest BCUT2D eigenvalue weighted by molar-refractivity contribution is 7.89. The first-order valence-corrected chi connectivity index (χ1v) is 10.9. The second-order valence-electron chi connectivity index (χ2n) is 7.01. The summed E-state index contributed by atoms with van der Waals surface area (Å²) in [6, 6.07) is 12.1. The summed E-state index contributed by atoms with van der Waals surface area (Å²) in [7, 11) is -3.46. The molecular formula is C21H26N2O4S. The summed E-state index contributed by atoms with van der Waals surface area (Å²) in [5.41, 5.74) is 2.59. The lowest BCUT2D eigenvalue weighted by Crippen LogP contribution is -2.29. The first-order valence-electron chi connectivity index (χ1n) is 9.46. The van der Waals surface area contributed by atoms with Crippen molar-refractivity contribution in [2.24, 2.45) is 0 Å². The molecule has 1 fully saturated rings. The van der Waals surface area contributed by atoms with E-state index in [-0.39, 0.29) is 10.8 Å². The van der Waals surface area contributed by atoms with Gasteiger partial charge in [-0.25, -0.2) is 8.42 Å². The van der Waals surface area contributed by atoms with E-state index < -0.39 is 10.0 Å². The number of nitrogens with one attached hydrogen (secondary N) is 1. The lowest BCUT2D eigenvalue weighted by atomic mass is 10.1. The van der Waals surface area contributed by atoms with Crippen molar-refractivity contribution >= 4 is 15.9 Å². The van der Waals surface area contributed by atoms with Gasteiger partial charge in [0.05, 0.1) is 11.4 Å². The molecule has 1 saturated heterocycles. The molecule has 7 heteroatoms. The Balaban J connectivity index is 1.53. The molecule has 0 unspecified atom stereocenters. The lowest BCUT2D eigenvalue weighted by Gasteiger charge is -2.15. The molecule has 1 aliphatic heterocycles. The number of carbonyl (C=O) groups excluding carboxylic acids is 1. The van der Waals surface area contributed by atoms with Crippen molar-refractivity contribution in [1.82, 2.24) is 9.62 Å². The molecule has 0 spiro atoms. The van der Waals surface area contributed by atoms with Gasteiger partial charge < -0.3 is 10.1 Å². The first-order chi connectivity index (χ1) is 13.4. The third-order valence-electron chi connectivity index (χ3n) is 4.81. The van der Waals surface area contributed by atoms with E-state index in [9.17, 15) is 13.2 Å². The van der Waals surface area contributed by atoms with E-state index in [4.69, 9.17) is 4.74 Å². The van der Waals surface area contributed by atoms with Crippen molar-refractivity contribution in [2.75, 3.05) is 26.2 Å². The molecular weight excluding hydrogens is 376 g/mol. The predicted octanol–water partition coefficient (Wildman–Crippen LogP) is 2.90. The molecule has 3 rings (SSSR count).